The van der Waals surface area contributed by atoms with Crippen LogP contribution in [0.5, 0.6) is 11.5 Å². The number of methoxy groups -OCH3 is 2. The van der Waals surface area contributed by atoms with E-state index < -0.39 is 29.7 Å². The van der Waals surface area contributed by atoms with Gasteiger partial charge >= 0.3 is 5.97 Å². The molecule has 0 spiro atoms. The number of ether oxygens (including phenoxy) is 2. The highest BCUT2D eigenvalue weighted by Crippen LogP contribution is 2.32. The first-order valence-corrected chi connectivity index (χ1v) is 6.27. The molecule has 0 aliphatic heterocycles. The summed E-state index contributed by atoms with van der Waals surface area (Å²) in [6.07, 6.45) is 0. The molecule has 1 amide bonds. The number of aliphatic carboxylic acids is 1. The van der Waals surface area contributed by atoms with E-state index >= 15 is 0 Å². The Labute approximate surface area is 121 Å². The third-order valence-electron chi connectivity index (χ3n) is 3.22. The summed E-state index contributed by atoms with van der Waals surface area (Å²) in [5.41, 5.74) is -0.318. The molecule has 0 radical (unpaired) electrons. The third kappa shape index (κ3) is 3.62. The van der Waals surface area contributed by atoms with Crippen molar-refractivity contribution in [2.75, 3.05) is 14.2 Å². The van der Waals surface area contributed by atoms with E-state index in [1.165, 1.54) is 34.1 Å². The van der Waals surface area contributed by atoms with Gasteiger partial charge in [-0.3, -0.25) is 9.59 Å². The predicted molar refractivity (Wildman–Crippen MR) is 73.2 cm³/mol. The first-order valence-electron chi connectivity index (χ1n) is 6.27. The van der Waals surface area contributed by atoms with Gasteiger partial charge in [0.1, 0.15) is 11.4 Å². The number of nitrogens with one attached hydrogen (secondary N) is 1. The monoisotopic (exact) mass is 299 g/mol. The molecule has 2 N–H and O–H groups in total. The number of carbonyl (C=O) groups is 2. The van der Waals surface area contributed by atoms with Crippen molar-refractivity contribution in [1.29, 1.82) is 0 Å². The van der Waals surface area contributed by atoms with Crippen molar-refractivity contribution in [2.45, 2.75) is 19.9 Å². The van der Waals surface area contributed by atoms with Gasteiger partial charge < -0.3 is 19.9 Å². The Morgan fingerprint density at radius 3 is 2.33 bits per heavy atom. The molecule has 0 aliphatic rings. The van der Waals surface area contributed by atoms with E-state index in [-0.39, 0.29) is 17.1 Å². The molecule has 1 rings (SSSR count). The average Bonchev–Trinajstić information content (AvgIpc) is 2.45. The van der Waals surface area contributed by atoms with Gasteiger partial charge in [0.2, 0.25) is 0 Å². The molecule has 2 atom stereocenters. The van der Waals surface area contributed by atoms with Crippen LogP contribution in [0.2, 0.25) is 0 Å². The van der Waals surface area contributed by atoms with Crippen LogP contribution >= 0.6 is 0 Å². The van der Waals surface area contributed by atoms with Gasteiger partial charge in [-0.1, -0.05) is 0 Å². The number of carboxylic acids is 1. The topological polar surface area (TPSA) is 84.9 Å². The molecule has 0 bridgehead atoms. The van der Waals surface area contributed by atoms with Crippen molar-refractivity contribution in [1.82, 2.24) is 5.32 Å². The highest BCUT2D eigenvalue weighted by atomic mass is 19.1. The van der Waals surface area contributed by atoms with E-state index in [1.807, 2.05) is 0 Å². The Morgan fingerprint density at radius 1 is 1.24 bits per heavy atom. The van der Waals surface area contributed by atoms with E-state index in [0.717, 1.165) is 6.07 Å². The summed E-state index contributed by atoms with van der Waals surface area (Å²) in [5, 5.41) is 11.4. The standard InChI is InChI=1S/C14H18FNO5/c1-7(14(18)19)8(2)16-13(17)11-9(15)5-6-10(20-3)12(11)21-4/h5-8H,1-4H3,(H,16,17)(H,18,19). The lowest BCUT2D eigenvalue weighted by molar-refractivity contribution is -0.141. The summed E-state index contributed by atoms with van der Waals surface area (Å²) in [7, 11) is 2.66. The van der Waals surface area contributed by atoms with E-state index in [2.05, 4.69) is 5.32 Å². The number of rotatable bonds is 6. The molecule has 0 heterocycles. The number of benzene rings is 1. The molecule has 7 heteroatoms. The minimum absolute atomic E-state index is 0.0369. The normalized spacial score (nSPS) is 13.2. The Kier molecular flexibility index (Phi) is 5.52. The average molecular weight is 299 g/mol. The van der Waals surface area contributed by atoms with Gasteiger partial charge in [0.15, 0.2) is 11.5 Å². The zero-order valence-corrected chi connectivity index (χ0v) is 12.3. The molecule has 1 aromatic carbocycles. The van der Waals surface area contributed by atoms with Crippen molar-refractivity contribution in [3.63, 3.8) is 0 Å². The van der Waals surface area contributed by atoms with E-state index in [4.69, 9.17) is 14.6 Å². The van der Waals surface area contributed by atoms with Crippen molar-refractivity contribution in [2.24, 2.45) is 5.92 Å². The maximum absolute atomic E-state index is 13.9. The molecule has 116 valence electrons. The van der Waals surface area contributed by atoms with Crippen LogP contribution in [-0.4, -0.2) is 37.2 Å². The Hall–Kier alpha value is -2.31. The van der Waals surface area contributed by atoms with Crippen molar-refractivity contribution < 1.29 is 28.6 Å². The second kappa shape index (κ2) is 6.92. The lowest BCUT2D eigenvalue weighted by Crippen LogP contribution is -2.40. The highest BCUT2D eigenvalue weighted by Gasteiger charge is 2.26. The Morgan fingerprint density at radius 2 is 1.86 bits per heavy atom. The number of hydrogen-bond donors (Lipinski definition) is 2. The first kappa shape index (κ1) is 16.7. The van der Waals surface area contributed by atoms with Gasteiger partial charge in [-0.25, -0.2) is 4.39 Å². The first-order chi connectivity index (χ1) is 9.83. The quantitative estimate of drug-likeness (QED) is 0.835. The minimum atomic E-state index is -1.05. The van der Waals surface area contributed by atoms with Crippen LogP contribution < -0.4 is 14.8 Å². The summed E-state index contributed by atoms with van der Waals surface area (Å²) in [5.74, 6) is -3.23. The van der Waals surface area contributed by atoms with Crippen LogP contribution in [0.3, 0.4) is 0 Å². The minimum Gasteiger partial charge on any atom is -0.493 e. The number of halogens is 1. The van der Waals surface area contributed by atoms with Gasteiger partial charge in [-0.15, -0.1) is 0 Å². The lowest BCUT2D eigenvalue weighted by Gasteiger charge is -2.19. The number of carbonyl (C=O) groups excluding carboxylic acids is 1. The van der Waals surface area contributed by atoms with Gasteiger partial charge in [0.25, 0.3) is 5.91 Å². The lowest BCUT2D eigenvalue weighted by atomic mass is 10.0. The second-order valence-electron chi connectivity index (χ2n) is 4.55. The molecular formula is C14H18FNO5. The predicted octanol–water partition coefficient (Wildman–Crippen LogP) is 1.68. The molecule has 0 saturated heterocycles. The number of carboxylic acid groups (broad SMARTS) is 1. The fourth-order valence-corrected chi connectivity index (χ4v) is 1.73. The maximum atomic E-state index is 13.9. The highest BCUT2D eigenvalue weighted by molar-refractivity contribution is 5.98. The van der Waals surface area contributed by atoms with Gasteiger partial charge in [0, 0.05) is 6.04 Å². The summed E-state index contributed by atoms with van der Waals surface area (Å²) in [4.78, 5) is 23.1. The molecular weight excluding hydrogens is 281 g/mol. The molecule has 0 aromatic heterocycles. The summed E-state index contributed by atoms with van der Waals surface area (Å²) >= 11 is 0. The zero-order valence-electron chi connectivity index (χ0n) is 12.3. The summed E-state index contributed by atoms with van der Waals surface area (Å²) < 4.78 is 23.9. The molecule has 0 saturated carbocycles. The number of hydrogen-bond acceptors (Lipinski definition) is 4. The van der Waals surface area contributed by atoms with E-state index in [1.54, 1.807) is 0 Å². The van der Waals surface area contributed by atoms with Crippen LogP contribution in [0.1, 0.15) is 24.2 Å². The maximum Gasteiger partial charge on any atom is 0.308 e. The van der Waals surface area contributed by atoms with Crippen molar-refractivity contribution >= 4 is 11.9 Å². The van der Waals surface area contributed by atoms with Crippen LogP contribution in [0, 0.1) is 11.7 Å². The van der Waals surface area contributed by atoms with Crippen LogP contribution in [-0.2, 0) is 4.79 Å². The Balaban J connectivity index is 3.10. The van der Waals surface area contributed by atoms with E-state index in [9.17, 15) is 14.0 Å². The number of amides is 1. The van der Waals surface area contributed by atoms with Crippen molar-refractivity contribution in [3.8, 4) is 11.5 Å². The van der Waals surface area contributed by atoms with Crippen LogP contribution in [0.25, 0.3) is 0 Å². The molecule has 2 unspecified atom stereocenters. The second-order valence-corrected chi connectivity index (χ2v) is 4.55. The zero-order chi connectivity index (χ0) is 16.2. The van der Waals surface area contributed by atoms with Gasteiger partial charge in [0.05, 0.1) is 20.1 Å². The van der Waals surface area contributed by atoms with Gasteiger partial charge in [-0.05, 0) is 26.0 Å². The van der Waals surface area contributed by atoms with Crippen LogP contribution in [0.4, 0.5) is 4.39 Å². The molecule has 1 aromatic rings. The third-order valence-corrected chi connectivity index (χ3v) is 3.22. The van der Waals surface area contributed by atoms with E-state index in [0.29, 0.717) is 0 Å². The Bertz CT molecular complexity index is 546. The van der Waals surface area contributed by atoms with Crippen LogP contribution in [0.15, 0.2) is 12.1 Å². The molecule has 6 nitrogen and oxygen atoms in total. The summed E-state index contributed by atoms with van der Waals surface area (Å²) in [6.45, 7) is 2.98. The molecule has 21 heavy (non-hydrogen) atoms. The summed E-state index contributed by atoms with van der Waals surface area (Å²) in [6, 6.07) is 1.75. The fraction of sp³-hybridized carbons (Fsp3) is 0.429. The largest absolute Gasteiger partial charge is 0.493 e. The van der Waals surface area contributed by atoms with Gasteiger partial charge in [-0.2, -0.15) is 0 Å². The van der Waals surface area contributed by atoms with Crippen molar-refractivity contribution in [3.05, 3.63) is 23.5 Å². The molecule has 0 aliphatic carbocycles. The SMILES string of the molecule is COc1ccc(F)c(C(=O)NC(C)C(C)C(=O)O)c1OC. The fourth-order valence-electron chi connectivity index (χ4n) is 1.73. The molecule has 0 fully saturated rings. The smallest absolute Gasteiger partial charge is 0.308 e.